The molecule has 0 saturated heterocycles. The lowest BCUT2D eigenvalue weighted by molar-refractivity contribution is -0.122. The minimum Gasteiger partial charge on any atom is -0.394 e. The van der Waals surface area contributed by atoms with Crippen LogP contribution in [0.2, 0.25) is 0 Å². The Morgan fingerprint density at radius 1 is 1.50 bits per heavy atom. The number of aliphatic hydroxyl groups excluding tert-OH is 3. The monoisotopic (exact) mass is 285 g/mol. The number of nitrogens with two attached hydrogens (primary N) is 1. The molecule has 5 atom stereocenters. The van der Waals surface area contributed by atoms with Crippen LogP contribution >= 0.6 is 8.25 Å². The summed E-state index contributed by atoms with van der Waals surface area (Å²) in [5.74, 6) is -0.488. The van der Waals surface area contributed by atoms with Crippen molar-refractivity contribution >= 4 is 14.2 Å². The van der Waals surface area contributed by atoms with E-state index in [-0.39, 0.29) is 6.54 Å². The Hall–Kier alpha value is -0.670. The van der Waals surface area contributed by atoms with Gasteiger partial charge in [-0.25, -0.2) is 0 Å². The number of hydrogen-bond acceptors (Lipinski definition) is 7. The van der Waals surface area contributed by atoms with Crippen LogP contribution in [0.15, 0.2) is 0 Å². The van der Waals surface area contributed by atoms with Crippen molar-refractivity contribution in [3.05, 3.63) is 0 Å². The Balaban J connectivity index is 4.92. The number of rotatable bonds is 8. The fourth-order valence-corrected chi connectivity index (χ4v) is 1.82. The van der Waals surface area contributed by atoms with Crippen LogP contribution in [0.3, 0.4) is 0 Å². The summed E-state index contributed by atoms with van der Waals surface area (Å²) in [6.07, 6.45) is -4.69. The fraction of sp³-hybridized carbons (Fsp3) is 0.875. The predicted octanol–water partition coefficient (Wildman–Crippen LogP) is -2.80. The molecule has 0 aromatic rings. The third-order valence-corrected chi connectivity index (χ3v) is 2.59. The first-order valence-electron chi connectivity index (χ1n) is 5.10. The predicted molar refractivity (Wildman–Crippen MR) is 60.5 cm³/mol. The zero-order valence-corrected chi connectivity index (χ0v) is 10.7. The molecule has 0 aliphatic carbocycles. The maximum absolute atomic E-state index is 10.9. The van der Waals surface area contributed by atoms with Crippen molar-refractivity contribution < 1.29 is 34.1 Å². The van der Waals surface area contributed by atoms with E-state index in [1.54, 1.807) is 0 Å². The van der Waals surface area contributed by atoms with Crippen molar-refractivity contribution in [2.75, 3.05) is 13.2 Å². The summed E-state index contributed by atoms with van der Waals surface area (Å²) < 4.78 is 15.2. The molecule has 10 heteroatoms. The molecule has 9 nitrogen and oxygen atoms in total. The number of nitrogens with one attached hydrogen (secondary N) is 1. The molecule has 0 saturated carbocycles. The van der Waals surface area contributed by atoms with Crippen LogP contribution in [0.1, 0.15) is 6.92 Å². The number of aliphatic hydroxyl groups is 3. The van der Waals surface area contributed by atoms with Gasteiger partial charge in [0.15, 0.2) is 6.10 Å². The molecule has 0 heterocycles. The Labute approximate surface area is 105 Å². The number of hydrogen-bond donors (Lipinski definition) is 6. The Bertz CT molecular complexity index is 291. The van der Waals surface area contributed by atoms with Crippen molar-refractivity contribution in [1.82, 2.24) is 5.32 Å². The average molecular weight is 285 g/mol. The van der Waals surface area contributed by atoms with E-state index >= 15 is 0 Å². The van der Waals surface area contributed by atoms with Crippen molar-refractivity contribution in [1.29, 1.82) is 0 Å². The molecule has 0 aromatic carbocycles. The van der Waals surface area contributed by atoms with Crippen LogP contribution in [0.5, 0.6) is 0 Å². The van der Waals surface area contributed by atoms with Gasteiger partial charge in [0.05, 0.1) is 12.6 Å². The molecule has 0 fully saturated rings. The molecule has 0 aromatic heterocycles. The molecule has 5 unspecified atom stereocenters. The molecule has 0 aliphatic heterocycles. The highest BCUT2D eigenvalue weighted by Crippen LogP contribution is 2.23. The van der Waals surface area contributed by atoms with Crippen molar-refractivity contribution in [2.24, 2.45) is 5.73 Å². The molecule has 0 spiro atoms. The first kappa shape index (κ1) is 17.3. The Morgan fingerprint density at radius 3 is 2.39 bits per heavy atom. The third kappa shape index (κ3) is 5.78. The Kier molecular flexibility index (Phi) is 8.12. The van der Waals surface area contributed by atoms with Gasteiger partial charge in [0.2, 0.25) is 5.91 Å². The van der Waals surface area contributed by atoms with Gasteiger partial charge in [-0.05, 0) is 0 Å². The van der Waals surface area contributed by atoms with Gasteiger partial charge in [-0.3, -0.25) is 4.79 Å². The molecule has 0 bridgehead atoms. The lowest BCUT2D eigenvalue weighted by Gasteiger charge is -2.27. The maximum atomic E-state index is 10.9. The summed E-state index contributed by atoms with van der Waals surface area (Å²) in [5, 5.41) is 30.0. The molecule has 0 rings (SSSR count). The van der Waals surface area contributed by atoms with E-state index < -0.39 is 45.1 Å². The second-order valence-corrected chi connectivity index (χ2v) is 4.28. The van der Waals surface area contributed by atoms with Crippen LogP contribution in [0.4, 0.5) is 0 Å². The van der Waals surface area contributed by atoms with E-state index in [1.807, 2.05) is 0 Å². The van der Waals surface area contributed by atoms with E-state index in [0.717, 1.165) is 0 Å². The van der Waals surface area contributed by atoms with E-state index in [2.05, 4.69) is 9.84 Å². The van der Waals surface area contributed by atoms with Crippen LogP contribution in [0, 0.1) is 0 Å². The van der Waals surface area contributed by atoms with Gasteiger partial charge in [-0.2, -0.15) is 0 Å². The number of carbonyl (C=O) groups excluding carboxylic acids is 1. The summed E-state index contributed by atoms with van der Waals surface area (Å²) >= 11 is 0. The normalized spacial score (nSPS) is 18.7. The van der Waals surface area contributed by atoms with Gasteiger partial charge < -0.3 is 26.4 Å². The lowest BCUT2D eigenvalue weighted by Crippen LogP contribution is -2.55. The Morgan fingerprint density at radius 2 is 2.06 bits per heavy atom. The zero-order valence-electron chi connectivity index (χ0n) is 9.76. The molecule has 106 valence electrons. The molecule has 7 N–H and O–H groups in total. The standard InChI is InChI=1S/C8H17N2O7P/c1-4(12)10-5(2-9)8(17-18(15)16)7(14)6(13)3-11/h5-8,11,13-14H,2-3,9H2,1H3,(H-,10,12,15,16)/p+1. The van der Waals surface area contributed by atoms with Crippen molar-refractivity contribution in [2.45, 2.75) is 31.3 Å². The van der Waals surface area contributed by atoms with E-state index in [1.165, 1.54) is 6.92 Å². The van der Waals surface area contributed by atoms with Gasteiger partial charge >= 0.3 is 8.25 Å². The summed E-state index contributed by atoms with van der Waals surface area (Å²) in [6.45, 7) is 0.219. The first-order chi connectivity index (χ1) is 8.33. The van der Waals surface area contributed by atoms with E-state index in [9.17, 15) is 19.6 Å². The minimum absolute atomic E-state index is 0.192. The molecule has 1 amide bonds. The largest absolute Gasteiger partial charge is 0.695 e. The molecule has 18 heavy (non-hydrogen) atoms. The number of carbonyl (C=O) groups is 1. The van der Waals surface area contributed by atoms with Crippen LogP contribution in [0.25, 0.3) is 0 Å². The van der Waals surface area contributed by atoms with Gasteiger partial charge in [0.1, 0.15) is 12.2 Å². The fourth-order valence-electron chi connectivity index (χ4n) is 1.34. The molecule has 0 aliphatic rings. The molecule has 0 radical (unpaired) electrons. The highest BCUT2D eigenvalue weighted by atomic mass is 31.1. The van der Waals surface area contributed by atoms with Crippen molar-refractivity contribution in [3.63, 3.8) is 0 Å². The van der Waals surface area contributed by atoms with Gasteiger partial charge in [0.25, 0.3) is 0 Å². The van der Waals surface area contributed by atoms with E-state index in [0.29, 0.717) is 0 Å². The maximum Gasteiger partial charge on any atom is 0.695 e. The summed E-state index contributed by atoms with van der Waals surface area (Å²) in [6, 6.07) is -0.982. The summed E-state index contributed by atoms with van der Waals surface area (Å²) in [4.78, 5) is 19.6. The highest BCUT2D eigenvalue weighted by molar-refractivity contribution is 7.32. The second-order valence-electron chi connectivity index (χ2n) is 3.59. The zero-order chi connectivity index (χ0) is 14.3. The average Bonchev–Trinajstić information content (AvgIpc) is 2.30. The number of amides is 1. The van der Waals surface area contributed by atoms with Crippen LogP contribution in [-0.2, 0) is 13.9 Å². The van der Waals surface area contributed by atoms with Gasteiger partial charge in [0, 0.05) is 18.0 Å². The van der Waals surface area contributed by atoms with Crippen LogP contribution in [-0.4, -0.2) is 63.6 Å². The van der Waals surface area contributed by atoms with Gasteiger partial charge in [-0.1, -0.05) is 0 Å². The lowest BCUT2D eigenvalue weighted by atomic mass is 10.0. The SMILES string of the molecule is CC(=O)NC(CN)C(O[P+](=O)O)C(O)C(O)CO. The first-order valence-corrected chi connectivity index (χ1v) is 6.23. The van der Waals surface area contributed by atoms with Crippen LogP contribution < -0.4 is 11.1 Å². The smallest absolute Gasteiger partial charge is 0.394 e. The summed E-state index contributed by atoms with van der Waals surface area (Å²) in [5.41, 5.74) is 5.35. The summed E-state index contributed by atoms with van der Waals surface area (Å²) in [7, 11) is -3.07. The van der Waals surface area contributed by atoms with Crippen molar-refractivity contribution in [3.8, 4) is 0 Å². The highest BCUT2D eigenvalue weighted by Gasteiger charge is 2.39. The quantitative estimate of drug-likeness (QED) is 0.260. The molecular formula is C8H18N2O7P+. The third-order valence-electron chi connectivity index (χ3n) is 2.17. The topological polar surface area (TPSA) is 162 Å². The van der Waals surface area contributed by atoms with E-state index in [4.69, 9.17) is 15.7 Å². The second kappa shape index (κ2) is 8.44. The minimum atomic E-state index is -3.07. The molecular weight excluding hydrogens is 267 g/mol. The van der Waals surface area contributed by atoms with Gasteiger partial charge in [-0.15, -0.1) is 9.42 Å².